The van der Waals surface area contributed by atoms with Crippen molar-refractivity contribution in [1.29, 1.82) is 0 Å². The highest BCUT2D eigenvalue weighted by atomic mass is 31.2. The molecule has 0 bridgehead atoms. The predicted molar refractivity (Wildman–Crippen MR) is 186 cm³/mol. The SMILES string of the molecule is CCCCCCCCCCCCCCCCCCOCC(COP(=O)([O-])OCCCCCCCC[N+](C)(C)C)OC(=O)CC(C)=O. The van der Waals surface area contributed by atoms with Crippen molar-refractivity contribution in [3.63, 3.8) is 0 Å². The van der Waals surface area contributed by atoms with Crippen molar-refractivity contribution in [2.75, 3.05) is 54.1 Å². The minimum atomic E-state index is -4.55. The standard InChI is InChI=1S/C36H72NO8P/c1-6-7-8-9-10-11-12-13-14-15-16-17-18-20-23-26-29-42-32-35(45-36(39)31-34(2)38)33-44-46(40,41)43-30-27-24-21-19-22-25-28-37(3,4)5/h35H,6-33H2,1-5H3. The van der Waals surface area contributed by atoms with E-state index in [4.69, 9.17) is 18.5 Å². The van der Waals surface area contributed by atoms with E-state index in [9.17, 15) is 19.0 Å². The summed E-state index contributed by atoms with van der Waals surface area (Å²) >= 11 is 0. The van der Waals surface area contributed by atoms with Crippen LogP contribution >= 0.6 is 7.82 Å². The number of hydrogen-bond acceptors (Lipinski definition) is 8. The number of ether oxygens (including phenoxy) is 2. The van der Waals surface area contributed by atoms with Gasteiger partial charge in [-0.3, -0.25) is 14.2 Å². The second-order valence-electron chi connectivity index (χ2n) is 14.1. The van der Waals surface area contributed by atoms with Gasteiger partial charge in [-0.1, -0.05) is 122 Å². The van der Waals surface area contributed by atoms with Gasteiger partial charge in [0.05, 0.1) is 47.5 Å². The van der Waals surface area contributed by atoms with Gasteiger partial charge >= 0.3 is 5.97 Å². The number of ketones is 1. The lowest BCUT2D eigenvalue weighted by Gasteiger charge is -2.25. The molecule has 0 aliphatic heterocycles. The lowest BCUT2D eigenvalue weighted by Crippen LogP contribution is -2.35. The third-order valence-electron chi connectivity index (χ3n) is 8.03. The fourth-order valence-electron chi connectivity index (χ4n) is 5.30. The summed E-state index contributed by atoms with van der Waals surface area (Å²) in [5.41, 5.74) is 0. The van der Waals surface area contributed by atoms with E-state index in [1.165, 1.54) is 103 Å². The number of phosphoric acid groups is 1. The molecular formula is C36H72NO8P. The fraction of sp³-hybridized carbons (Fsp3) is 0.944. The Balaban J connectivity index is 4.02. The first-order chi connectivity index (χ1) is 21.9. The Hall–Kier alpha value is -0.830. The van der Waals surface area contributed by atoms with Crippen LogP contribution in [0.1, 0.15) is 162 Å². The van der Waals surface area contributed by atoms with Crippen LogP contribution in [0.15, 0.2) is 0 Å². The van der Waals surface area contributed by atoms with Crippen LogP contribution in [-0.4, -0.2) is 76.5 Å². The van der Waals surface area contributed by atoms with E-state index < -0.39 is 26.5 Å². The summed E-state index contributed by atoms with van der Waals surface area (Å²) in [5.74, 6) is -1.06. The topological polar surface area (TPSA) is 111 Å². The highest BCUT2D eigenvalue weighted by Crippen LogP contribution is 2.38. The van der Waals surface area contributed by atoms with Gasteiger partial charge in [-0.15, -0.1) is 0 Å². The molecule has 10 heteroatoms. The fourth-order valence-corrected chi connectivity index (χ4v) is 6.07. The number of nitrogens with zero attached hydrogens (tertiary/aromatic N) is 1. The minimum Gasteiger partial charge on any atom is -0.756 e. The van der Waals surface area contributed by atoms with E-state index in [-0.39, 0.29) is 25.4 Å². The zero-order valence-corrected chi connectivity index (χ0v) is 31.4. The van der Waals surface area contributed by atoms with E-state index >= 15 is 0 Å². The van der Waals surface area contributed by atoms with Crippen LogP contribution in [0, 0.1) is 0 Å². The zero-order valence-electron chi connectivity index (χ0n) is 30.5. The van der Waals surface area contributed by atoms with Gasteiger partial charge in [-0.05, 0) is 32.6 Å². The molecule has 2 atom stereocenters. The molecule has 0 saturated heterocycles. The van der Waals surface area contributed by atoms with Gasteiger partial charge < -0.3 is 27.9 Å². The quantitative estimate of drug-likeness (QED) is 0.0215. The van der Waals surface area contributed by atoms with E-state index in [0.29, 0.717) is 13.0 Å². The first kappa shape index (κ1) is 45.2. The van der Waals surface area contributed by atoms with Crippen molar-refractivity contribution in [2.45, 2.75) is 168 Å². The Morgan fingerprint density at radius 2 is 1.07 bits per heavy atom. The van der Waals surface area contributed by atoms with Crippen LogP contribution in [0.4, 0.5) is 0 Å². The Kier molecular flexibility index (Phi) is 29.7. The third kappa shape index (κ3) is 34.5. The molecule has 0 spiro atoms. The molecule has 0 aliphatic rings. The smallest absolute Gasteiger partial charge is 0.313 e. The van der Waals surface area contributed by atoms with Crippen molar-refractivity contribution in [3.8, 4) is 0 Å². The zero-order chi connectivity index (χ0) is 34.4. The van der Waals surface area contributed by atoms with Gasteiger partial charge in [-0.25, -0.2) is 0 Å². The largest absolute Gasteiger partial charge is 0.756 e. The molecule has 0 aromatic rings. The van der Waals surface area contributed by atoms with Gasteiger partial charge in [0, 0.05) is 6.61 Å². The minimum absolute atomic E-state index is 0.00349. The van der Waals surface area contributed by atoms with Crippen LogP contribution in [0.2, 0.25) is 0 Å². The Morgan fingerprint density at radius 3 is 1.52 bits per heavy atom. The average molecular weight is 678 g/mol. The molecule has 0 N–H and O–H groups in total. The van der Waals surface area contributed by atoms with E-state index in [0.717, 1.165) is 49.6 Å². The molecule has 46 heavy (non-hydrogen) atoms. The van der Waals surface area contributed by atoms with E-state index in [2.05, 4.69) is 28.1 Å². The van der Waals surface area contributed by atoms with Gasteiger partial charge in [0.2, 0.25) is 0 Å². The first-order valence-corrected chi connectivity index (χ1v) is 20.1. The van der Waals surface area contributed by atoms with Crippen molar-refractivity contribution in [2.24, 2.45) is 0 Å². The molecule has 274 valence electrons. The average Bonchev–Trinajstić information content (AvgIpc) is 2.97. The number of carbonyl (C=O) groups excluding carboxylic acids is 2. The maximum atomic E-state index is 12.3. The highest BCUT2D eigenvalue weighted by molar-refractivity contribution is 7.45. The molecule has 0 aromatic carbocycles. The summed E-state index contributed by atoms with van der Waals surface area (Å²) in [4.78, 5) is 35.6. The number of esters is 1. The van der Waals surface area contributed by atoms with Crippen molar-refractivity contribution in [1.82, 2.24) is 0 Å². The van der Waals surface area contributed by atoms with E-state index in [1.807, 2.05) is 0 Å². The maximum Gasteiger partial charge on any atom is 0.313 e. The molecular weight excluding hydrogens is 605 g/mol. The molecule has 0 fully saturated rings. The van der Waals surface area contributed by atoms with Crippen LogP contribution in [-0.2, 0) is 32.7 Å². The number of rotatable bonds is 35. The molecule has 0 rings (SSSR count). The summed E-state index contributed by atoms with van der Waals surface area (Å²) in [6.07, 6.45) is 25.4. The molecule has 0 saturated carbocycles. The number of Topliss-reactive ketones (excluding diaryl/α,β-unsaturated/α-hetero) is 1. The lowest BCUT2D eigenvalue weighted by atomic mass is 10.0. The molecule has 2 unspecified atom stereocenters. The van der Waals surface area contributed by atoms with Gasteiger partial charge in [0.1, 0.15) is 18.3 Å². The summed E-state index contributed by atoms with van der Waals surface area (Å²) < 4.78 is 34.2. The summed E-state index contributed by atoms with van der Waals surface area (Å²) in [6.45, 7) is 4.84. The molecule has 0 aliphatic carbocycles. The van der Waals surface area contributed by atoms with Crippen molar-refractivity contribution < 1.29 is 42.1 Å². The molecule has 0 amide bonds. The van der Waals surface area contributed by atoms with Crippen molar-refractivity contribution >= 4 is 19.6 Å². The molecule has 0 aromatic heterocycles. The first-order valence-electron chi connectivity index (χ1n) is 18.6. The van der Waals surface area contributed by atoms with Crippen molar-refractivity contribution in [3.05, 3.63) is 0 Å². The second kappa shape index (κ2) is 30.2. The monoisotopic (exact) mass is 677 g/mol. The lowest BCUT2D eigenvalue weighted by molar-refractivity contribution is -0.870. The van der Waals surface area contributed by atoms with E-state index in [1.54, 1.807) is 0 Å². The number of carbonyl (C=O) groups is 2. The number of phosphoric ester groups is 1. The van der Waals surface area contributed by atoms with Crippen LogP contribution in [0.25, 0.3) is 0 Å². The normalized spacial score (nSPS) is 13.9. The second-order valence-corrected chi connectivity index (χ2v) is 15.5. The number of unbranched alkanes of at least 4 members (excludes halogenated alkanes) is 20. The van der Waals surface area contributed by atoms with Gasteiger partial charge in [0.15, 0.2) is 0 Å². The highest BCUT2D eigenvalue weighted by Gasteiger charge is 2.20. The number of hydrogen-bond donors (Lipinski definition) is 0. The van der Waals surface area contributed by atoms with Crippen LogP contribution in [0.3, 0.4) is 0 Å². The van der Waals surface area contributed by atoms with Gasteiger partial charge in [-0.2, -0.15) is 0 Å². The molecule has 0 radical (unpaired) electrons. The summed E-state index contributed by atoms with van der Waals surface area (Å²) in [6, 6.07) is 0. The van der Waals surface area contributed by atoms with Crippen LogP contribution < -0.4 is 4.89 Å². The molecule has 9 nitrogen and oxygen atoms in total. The predicted octanol–water partition coefficient (Wildman–Crippen LogP) is 8.70. The third-order valence-corrected chi connectivity index (χ3v) is 8.99. The number of quaternary nitrogens is 1. The summed E-state index contributed by atoms with van der Waals surface area (Å²) in [5, 5.41) is 0. The Labute approximate surface area is 283 Å². The Morgan fingerprint density at radius 1 is 0.630 bits per heavy atom. The molecule has 0 heterocycles. The van der Waals surface area contributed by atoms with Gasteiger partial charge in [0.25, 0.3) is 7.82 Å². The van der Waals surface area contributed by atoms with Crippen LogP contribution in [0.5, 0.6) is 0 Å². The maximum absolute atomic E-state index is 12.3. The summed E-state index contributed by atoms with van der Waals surface area (Å²) in [7, 11) is 2.02. The Bertz CT molecular complexity index is 774.